The van der Waals surface area contributed by atoms with Gasteiger partial charge in [0.1, 0.15) is 17.8 Å². The van der Waals surface area contributed by atoms with E-state index in [-0.39, 0.29) is 29.1 Å². The van der Waals surface area contributed by atoms with Crippen LogP contribution in [0.1, 0.15) is 30.5 Å². The molecular weight excluding hydrogens is 418 g/mol. The number of hydrogen-bond acceptors (Lipinski definition) is 6. The van der Waals surface area contributed by atoms with Crippen LogP contribution in [-0.2, 0) is 0 Å². The number of nitrogens with zero attached hydrogens (tertiary/aromatic N) is 8. The van der Waals surface area contributed by atoms with E-state index in [1.54, 1.807) is 0 Å². The van der Waals surface area contributed by atoms with E-state index >= 15 is 0 Å². The topological polar surface area (TPSA) is 77.5 Å². The first kappa shape index (κ1) is 20.1. The molecule has 0 saturated heterocycles. The summed E-state index contributed by atoms with van der Waals surface area (Å²) in [6, 6.07) is -1.52. The van der Waals surface area contributed by atoms with Gasteiger partial charge in [0.15, 0.2) is 11.6 Å². The average Bonchev–Trinajstić information content (AvgIpc) is 3.29. The van der Waals surface area contributed by atoms with Gasteiger partial charge >= 0.3 is 12.4 Å². The lowest BCUT2D eigenvalue weighted by molar-refractivity contribution is -0.141. The van der Waals surface area contributed by atoms with Gasteiger partial charge in [-0.1, -0.05) is 0 Å². The summed E-state index contributed by atoms with van der Waals surface area (Å²) in [5.41, 5.74) is 0.206. The number of halogens is 6. The second kappa shape index (κ2) is 6.95. The Balaban J connectivity index is 1.87. The predicted octanol–water partition coefficient (Wildman–Crippen LogP) is 3.32. The van der Waals surface area contributed by atoms with Gasteiger partial charge in [0.25, 0.3) is 0 Å². The number of hydrogen-bond donors (Lipinski definition) is 0. The quantitative estimate of drug-likeness (QED) is 0.589. The largest absolute Gasteiger partial charge is 0.391 e. The standard InChI is InChI=1S/C16H14F6N8/c1-9-26-27-13-10(6-16(20,21)22)29(4-2-15(17,18)19)12-11(30(9)13)7-24-14(25-12)28-5-3-23-8-28/h3,5,7-8,10H,2,4,6H2,1H3. The summed E-state index contributed by atoms with van der Waals surface area (Å²) in [6.45, 7) is 0.795. The van der Waals surface area contributed by atoms with Crippen LogP contribution in [0.4, 0.5) is 32.2 Å². The van der Waals surface area contributed by atoms with Crippen LogP contribution in [0, 0.1) is 6.92 Å². The normalized spacial score (nSPS) is 16.5. The molecule has 0 amide bonds. The van der Waals surface area contributed by atoms with Gasteiger partial charge < -0.3 is 4.90 Å². The number of aryl methyl sites for hydroxylation is 1. The molecule has 1 unspecified atom stereocenters. The maximum Gasteiger partial charge on any atom is 0.391 e. The average molecular weight is 432 g/mol. The molecule has 4 heterocycles. The van der Waals surface area contributed by atoms with Crippen LogP contribution in [0.15, 0.2) is 24.9 Å². The van der Waals surface area contributed by atoms with E-state index in [9.17, 15) is 26.3 Å². The van der Waals surface area contributed by atoms with E-state index < -0.39 is 37.8 Å². The summed E-state index contributed by atoms with van der Waals surface area (Å²) in [5, 5.41) is 7.63. The predicted molar refractivity (Wildman–Crippen MR) is 90.2 cm³/mol. The minimum atomic E-state index is -4.65. The van der Waals surface area contributed by atoms with Crippen LogP contribution in [0.2, 0.25) is 0 Å². The maximum absolute atomic E-state index is 13.3. The van der Waals surface area contributed by atoms with Crippen LogP contribution < -0.4 is 4.90 Å². The van der Waals surface area contributed by atoms with E-state index in [1.165, 1.54) is 41.0 Å². The summed E-state index contributed by atoms with van der Waals surface area (Å²) >= 11 is 0. The zero-order valence-electron chi connectivity index (χ0n) is 15.4. The molecule has 3 aromatic heterocycles. The van der Waals surface area contributed by atoms with Crippen LogP contribution in [0.25, 0.3) is 11.6 Å². The van der Waals surface area contributed by atoms with Gasteiger partial charge in [0.05, 0.1) is 25.1 Å². The van der Waals surface area contributed by atoms with Crippen molar-refractivity contribution in [3.05, 3.63) is 36.6 Å². The van der Waals surface area contributed by atoms with Gasteiger partial charge in [-0.15, -0.1) is 10.2 Å². The Labute approximate surface area is 165 Å². The van der Waals surface area contributed by atoms with E-state index in [4.69, 9.17) is 0 Å². The Bertz CT molecular complexity index is 1040. The summed E-state index contributed by atoms with van der Waals surface area (Å²) in [7, 11) is 0. The van der Waals surface area contributed by atoms with Crippen LogP contribution in [-0.4, -0.2) is 53.2 Å². The van der Waals surface area contributed by atoms with Gasteiger partial charge in [-0.3, -0.25) is 9.13 Å². The molecule has 30 heavy (non-hydrogen) atoms. The van der Waals surface area contributed by atoms with E-state index in [2.05, 4.69) is 25.1 Å². The second-order valence-electron chi connectivity index (χ2n) is 6.68. The van der Waals surface area contributed by atoms with Gasteiger partial charge in [-0.05, 0) is 6.92 Å². The molecule has 0 aliphatic carbocycles. The zero-order chi connectivity index (χ0) is 21.7. The highest BCUT2D eigenvalue weighted by molar-refractivity contribution is 5.62. The molecule has 1 atom stereocenters. The first-order valence-corrected chi connectivity index (χ1v) is 8.71. The fourth-order valence-corrected chi connectivity index (χ4v) is 3.34. The molecule has 0 saturated carbocycles. The molecule has 4 rings (SSSR count). The molecule has 160 valence electrons. The third-order valence-corrected chi connectivity index (χ3v) is 4.57. The van der Waals surface area contributed by atoms with Crippen molar-refractivity contribution >= 4 is 5.82 Å². The van der Waals surface area contributed by atoms with E-state index in [1.807, 2.05) is 0 Å². The van der Waals surface area contributed by atoms with Crippen LogP contribution in [0.3, 0.4) is 0 Å². The maximum atomic E-state index is 13.3. The van der Waals surface area contributed by atoms with Crippen molar-refractivity contribution < 1.29 is 26.3 Å². The van der Waals surface area contributed by atoms with E-state index in [0.29, 0.717) is 0 Å². The lowest BCUT2D eigenvalue weighted by Gasteiger charge is -2.38. The Hall–Kier alpha value is -3.19. The van der Waals surface area contributed by atoms with Gasteiger partial charge in [-0.2, -0.15) is 31.3 Å². The second-order valence-corrected chi connectivity index (χ2v) is 6.68. The minimum absolute atomic E-state index is 0.0585. The molecule has 1 aliphatic rings. The molecule has 14 heteroatoms. The summed E-state index contributed by atoms with van der Waals surface area (Å²) in [6.07, 6.45) is -6.31. The van der Waals surface area contributed by atoms with Crippen molar-refractivity contribution in [2.24, 2.45) is 0 Å². The molecule has 0 bridgehead atoms. The van der Waals surface area contributed by atoms with Crippen molar-refractivity contribution in [1.29, 1.82) is 0 Å². The van der Waals surface area contributed by atoms with Crippen molar-refractivity contribution in [2.45, 2.75) is 38.2 Å². The zero-order valence-corrected chi connectivity index (χ0v) is 15.4. The minimum Gasteiger partial charge on any atom is -0.344 e. The fourth-order valence-electron chi connectivity index (χ4n) is 3.34. The van der Waals surface area contributed by atoms with Crippen LogP contribution in [0.5, 0.6) is 0 Å². The highest BCUT2D eigenvalue weighted by Crippen LogP contribution is 2.43. The van der Waals surface area contributed by atoms with Gasteiger partial charge in [0.2, 0.25) is 5.95 Å². The number of aromatic nitrogens is 7. The first-order valence-electron chi connectivity index (χ1n) is 8.71. The number of rotatable bonds is 4. The number of alkyl halides is 6. The Kier molecular flexibility index (Phi) is 4.66. The third kappa shape index (κ3) is 3.80. The summed E-state index contributed by atoms with van der Waals surface area (Å²) in [4.78, 5) is 13.2. The first-order chi connectivity index (χ1) is 14.0. The summed E-state index contributed by atoms with van der Waals surface area (Å²) < 4.78 is 81.5. The Morgan fingerprint density at radius 1 is 1.07 bits per heavy atom. The molecule has 0 fully saturated rings. The Morgan fingerprint density at radius 2 is 1.83 bits per heavy atom. The molecular formula is C16H14F6N8. The Morgan fingerprint density at radius 3 is 2.47 bits per heavy atom. The monoisotopic (exact) mass is 432 g/mol. The summed E-state index contributed by atoms with van der Waals surface area (Å²) in [5.74, 6) is 0.150. The highest BCUT2D eigenvalue weighted by atomic mass is 19.4. The molecule has 0 aromatic carbocycles. The molecule has 8 nitrogen and oxygen atoms in total. The highest BCUT2D eigenvalue weighted by Gasteiger charge is 2.44. The number of imidazole rings is 1. The SMILES string of the molecule is Cc1nnc2n1-c1cnc(-n3ccnc3)nc1N(CCC(F)(F)F)C2CC(F)(F)F. The molecule has 0 radical (unpaired) electrons. The smallest absolute Gasteiger partial charge is 0.344 e. The molecule has 3 aromatic rings. The lowest BCUT2D eigenvalue weighted by Crippen LogP contribution is -2.40. The van der Waals surface area contributed by atoms with Gasteiger partial charge in [0, 0.05) is 18.9 Å². The molecule has 0 N–H and O–H groups in total. The molecule has 0 spiro atoms. The molecule has 1 aliphatic heterocycles. The number of anilines is 1. The third-order valence-electron chi connectivity index (χ3n) is 4.57. The van der Waals surface area contributed by atoms with Gasteiger partial charge in [-0.25, -0.2) is 9.97 Å². The van der Waals surface area contributed by atoms with Crippen molar-refractivity contribution in [3.63, 3.8) is 0 Å². The van der Waals surface area contributed by atoms with E-state index in [0.717, 1.165) is 4.90 Å². The lowest BCUT2D eigenvalue weighted by atomic mass is 10.1. The number of fused-ring (bicyclic) bond motifs is 3. The van der Waals surface area contributed by atoms with Crippen molar-refractivity contribution in [1.82, 2.24) is 34.3 Å². The fraction of sp³-hybridized carbons (Fsp3) is 0.438. The van der Waals surface area contributed by atoms with Crippen molar-refractivity contribution in [2.75, 3.05) is 11.4 Å². The van der Waals surface area contributed by atoms with Crippen molar-refractivity contribution in [3.8, 4) is 11.6 Å². The van der Waals surface area contributed by atoms with Crippen LogP contribution >= 0.6 is 0 Å².